The van der Waals surface area contributed by atoms with Crippen molar-refractivity contribution in [2.75, 3.05) is 6.54 Å². The van der Waals surface area contributed by atoms with Gasteiger partial charge in [-0.3, -0.25) is 4.79 Å². The maximum absolute atomic E-state index is 11.6. The van der Waals surface area contributed by atoms with Crippen molar-refractivity contribution in [2.24, 2.45) is 5.73 Å². The van der Waals surface area contributed by atoms with Gasteiger partial charge in [0.2, 0.25) is 0 Å². The third-order valence-corrected chi connectivity index (χ3v) is 2.17. The third kappa shape index (κ3) is 3.11. The molecule has 1 aromatic rings. The lowest BCUT2D eigenvalue weighted by Gasteiger charge is -2.12. The molecule has 82 valence electrons. The standard InChI is InChI=1S/C10H13ClN2O2/c1-6(5-12)13-10(15)8-4-7(11)2-3-9(8)14/h2-4,6,14H,5,12H2,1H3,(H,13,15)/t6-/m1/s1. The zero-order valence-electron chi connectivity index (χ0n) is 8.33. The fraction of sp³-hybridized carbons (Fsp3) is 0.300. The molecule has 0 saturated carbocycles. The number of aromatic hydroxyl groups is 1. The second-order valence-electron chi connectivity index (χ2n) is 3.27. The molecule has 0 spiro atoms. The summed E-state index contributed by atoms with van der Waals surface area (Å²) >= 11 is 5.72. The Morgan fingerprint density at radius 3 is 2.93 bits per heavy atom. The Labute approximate surface area is 93.0 Å². The molecular formula is C10H13ClN2O2. The summed E-state index contributed by atoms with van der Waals surface area (Å²) in [6, 6.07) is 4.16. The van der Waals surface area contributed by atoms with Gasteiger partial charge in [-0.15, -0.1) is 0 Å². The summed E-state index contributed by atoms with van der Waals surface area (Å²) in [4.78, 5) is 11.6. The molecule has 0 aliphatic rings. The summed E-state index contributed by atoms with van der Waals surface area (Å²) in [5.41, 5.74) is 5.52. The Hall–Kier alpha value is -1.26. The van der Waals surface area contributed by atoms with Crippen LogP contribution in [0.3, 0.4) is 0 Å². The molecule has 0 bridgehead atoms. The first-order valence-electron chi connectivity index (χ1n) is 4.54. The van der Waals surface area contributed by atoms with Crippen LogP contribution in [0.15, 0.2) is 18.2 Å². The van der Waals surface area contributed by atoms with E-state index in [1.807, 2.05) is 0 Å². The van der Waals surface area contributed by atoms with Crippen LogP contribution < -0.4 is 11.1 Å². The van der Waals surface area contributed by atoms with Gasteiger partial charge in [0.05, 0.1) is 5.56 Å². The second-order valence-corrected chi connectivity index (χ2v) is 3.71. The van der Waals surface area contributed by atoms with Crippen molar-refractivity contribution in [3.8, 4) is 5.75 Å². The van der Waals surface area contributed by atoms with Crippen LogP contribution in [-0.4, -0.2) is 23.6 Å². The molecule has 0 aliphatic heterocycles. The van der Waals surface area contributed by atoms with Gasteiger partial charge in [-0.1, -0.05) is 11.6 Å². The smallest absolute Gasteiger partial charge is 0.255 e. The van der Waals surface area contributed by atoms with E-state index >= 15 is 0 Å². The van der Waals surface area contributed by atoms with Crippen LogP contribution in [0.4, 0.5) is 0 Å². The van der Waals surface area contributed by atoms with Crippen LogP contribution >= 0.6 is 11.6 Å². The van der Waals surface area contributed by atoms with E-state index in [0.29, 0.717) is 11.6 Å². The fourth-order valence-electron chi connectivity index (χ4n) is 1.05. The number of amides is 1. The fourth-order valence-corrected chi connectivity index (χ4v) is 1.22. The van der Waals surface area contributed by atoms with Gasteiger partial charge in [-0.25, -0.2) is 0 Å². The number of phenolic OH excluding ortho intramolecular Hbond substituents is 1. The Balaban J connectivity index is 2.86. The van der Waals surface area contributed by atoms with E-state index in [9.17, 15) is 9.90 Å². The summed E-state index contributed by atoms with van der Waals surface area (Å²) in [6.07, 6.45) is 0. The van der Waals surface area contributed by atoms with E-state index in [1.54, 1.807) is 6.92 Å². The van der Waals surface area contributed by atoms with Gasteiger partial charge < -0.3 is 16.2 Å². The molecule has 1 rings (SSSR count). The Morgan fingerprint density at radius 2 is 2.33 bits per heavy atom. The highest BCUT2D eigenvalue weighted by molar-refractivity contribution is 6.31. The number of benzene rings is 1. The van der Waals surface area contributed by atoms with Crippen LogP contribution in [0.5, 0.6) is 5.75 Å². The van der Waals surface area contributed by atoms with Gasteiger partial charge in [0.15, 0.2) is 0 Å². The second kappa shape index (κ2) is 5.00. The first-order chi connectivity index (χ1) is 7.04. The SMILES string of the molecule is C[C@H](CN)NC(=O)c1cc(Cl)ccc1O. The van der Waals surface area contributed by atoms with Gasteiger partial charge in [-0.05, 0) is 25.1 Å². The highest BCUT2D eigenvalue weighted by Crippen LogP contribution is 2.21. The molecule has 1 amide bonds. The minimum Gasteiger partial charge on any atom is -0.507 e. The van der Waals surface area contributed by atoms with Crippen molar-refractivity contribution in [2.45, 2.75) is 13.0 Å². The minimum absolute atomic E-state index is 0.0962. The molecule has 4 N–H and O–H groups in total. The molecule has 1 aromatic carbocycles. The largest absolute Gasteiger partial charge is 0.507 e. The van der Waals surface area contributed by atoms with Crippen LogP contribution in [0.2, 0.25) is 5.02 Å². The molecule has 0 radical (unpaired) electrons. The summed E-state index contributed by atoms with van der Waals surface area (Å²) in [7, 11) is 0. The highest BCUT2D eigenvalue weighted by atomic mass is 35.5. The van der Waals surface area contributed by atoms with E-state index in [0.717, 1.165) is 0 Å². The first-order valence-corrected chi connectivity index (χ1v) is 4.92. The molecule has 0 heterocycles. The summed E-state index contributed by atoms with van der Waals surface area (Å²) in [6.45, 7) is 2.12. The lowest BCUT2D eigenvalue weighted by molar-refractivity contribution is 0.0938. The van der Waals surface area contributed by atoms with Crippen molar-refractivity contribution >= 4 is 17.5 Å². The summed E-state index contributed by atoms with van der Waals surface area (Å²) in [5, 5.41) is 12.5. The van der Waals surface area contributed by atoms with Gasteiger partial charge in [0.25, 0.3) is 5.91 Å². The zero-order valence-corrected chi connectivity index (χ0v) is 9.08. The number of halogens is 1. The molecule has 0 aliphatic carbocycles. The maximum atomic E-state index is 11.6. The quantitative estimate of drug-likeness (QED) is 0.726. The van der Waals surface area contributed by atoms with Gasteiger partial charge >= 0.3 is 0 Å². The third-order valence-electron chi connectivity index (χ3n) is 1.93. The van der Waals surface area contributed by atoms with Crippen molar-refractivity contribution in [1.29, 1.82) is 0 Å². The topological polar surface area (TPSA) is 75.3 Å². The van der Waals surface area contributed by atoms with E-state index in [2.05, 4.69) is 5.32 Å². The Morgan fingerprint density at radius 1 is 1.67 bits per heavy atom. The number of carbonyl (C=O) groups is 1. The minimum atomic E-state index is -0.382. The number of rotatable bonds is 3. The predicted molar refractivity (Wildman–Crippen MR) is 59.1 cm³/mol. The Bertz CT molecular complexity index is 368. The van der Waals surface area contributed by atoms with E-state index in [-0.39, 0.29) is 23.3 Å². The summed E-state index contributed by atoms with van der Waals surface area (Å²) in [5.74, 6) is -0.478. The van der Waals surface area contributed by atoms with Gasteiger partial charge in [0, 0.05) is 17.6 Å². The number of phenols is 1. The van der Waals surface area contributed by atoms with Crippen molar-refractivity contribution in [1.82, 2.24) is 5.32 Å². The Kier molecular flexibility index (Phi) is 3.94. The average molecular weight is 229 g/mol. The maximum Gasteiger partial charge on any atom is 0.255 e. The van der Waals surface area contributed by atoms with Gasteiger partial charge in [0.1, 0.15) is 5.75 Å². The zero-order chi connectivity index (χ0) is 11.4. The molecule has 0 saturated heterocycles. The predicted octanol–water partition coefficient (Wildman–Crippen LogP) is 1.12. The van der Waals surface area contributed by atoms with Crippen molar-refractivity contribution in [3.05, 3.63) is 28.8 Å². The number of hydrogen-bond donors (Lipinski definition) is 3. The molecule has 4 nitrogen and oxygen atoms in total. The normalized spacial score (nSPS) is 12.2. The van der Waals surface area contributed by atoms with Crippen LogP contribution in [0.25, 0.3) is 0 Å². The molecule has 0 unspecified atom stereocenters. The monoisotopic (exact) mass is 228 g/mol. The molecular weight excluding hydrogens is 216 g/mol. The number of hydrogen-bond acceptors (Lipinski definition) is 3. The van der Waals surface area contributed by atoms with Crippen molar-refractivity contribution in [3.63, 3.8) is 0 Å². The lowest BCUT2D eigenvalue weighted by Crippen LogP contribution is -2.37. The van der Waals surface area contributed by atoms with Crippen LogP contribution in [-0.2, 0) is 0 Å². The molecule has 15 heavy (non-hydrogen) atoms. The van der Waals surface area contributed by atoms with Crippen LogP contribution in [0, 0.1) is 0 Å². The first kappa shape index (κ1) is 11.8. The highest BCUT2D eigenvalue weighted by Gasteiger charge is 2.13. The number of nitrogens with two attached hydrogens (primary N) is 1. The van der Waals surface area contributed by atoms with Gasteiger partial charge in [-0.2, -0.15) is 0 Å². The number of nitrogens with one attached hydrogen (secondary N) is 1. The summed E-state index contributed by atoms with van der Waals surface area (Å²) < 4.78 is 0. The van der Waals surface area contributed by atoms with Crippen molar-refractivity contribution < 1.29 is 9.90 Å². The van der Waals surface area contributed by atoms with E-state index < -0.39 is 0 Å². The molecule has 0 fully saturated rings. The van der Waals surface area contributed by atoms with E-state index in [1.165, 1.54) is 18.2 Å². The molecule has 5 heteroatoms. The average Bonchev–Trinajstić information content (AvgIpc) is 2.21. The number of carbonyl (C=O) groups excluding carboxylic acids is 1. The van der Waals surface area contributed by atoms with Crippen LogP contribution in [0.1, 0.15) is 17.3 Å². The lowest BCUT2D eigenvalue weighted by atomic mass is 10.2. The van der Waals surface area contributed by atoms with E-state index in [4.69, 9.17) is 17.3 Å². The molecule has 0 aromatic heterocycles. The molecule has 1 atom stereocenters.